The summed E-state index contributed by atoms with van der Waals surface area (Å²) in [5, 5.41) is 2.95. The van der Waals surface area contributed by atoms with Crippen LogP contribution in [-0.4, -0.2) is 27.7 Å². The average molecular weight is 471 g/mol. The number of anilines is 2. The standard InChI is InChI=1S/C25H27FN2O4S/c1-16-12-17(2)24(18(3)13-16)27-25(29)19-6-11-23(32-4)20(14-19)15-28(33(5,30)31)22-9-7-21(26)8-10-22/h6-14H,15H2,1-5H3,(H,27,29). The van der Waals surface area contributed by atoms with E-state index in [2.05, 4.69) is 5.32 Å². The third kappa shape index (κ3) is 5.70. The second-order valence-electron chi connectivity index (χ2n) is 8.00. The van der Waals surface area contributed by atoms with E-state index in [9.17, 15) is 17.6 Å². The van der Waals surface area contributed by atoms with Gasteiger partial charge < -0.3 is 10.1 Å². The van der Waals surface area contributed by atoms with Gasteiger partial charge in [-0.3, -0.25) is 9.10 Å². The van der Waals surface area contributed by atoms with Crippen molar-refractivity contribution in [3.05, 3.63) is 88.2 Å². The second-order valence-corrected chi connectivity index (χ2v) is 9.91. The Kier molecular flexibility index (Phi) is 7.07. The van der Waals surface area contributed by atoms with Crippen LogP contribution in [0.15, 0.2) is 54.6 Å². The van der Waals surface area contributed by atoms with Gasteiger partial charge in [0.2, 0.25) is 10.0 Å². The molecule has 0 aromatic heterocycles. The van der Waals surface area contributed by atoms with Crippen LogP contribution >= 0.6 is 0 Å². The lowest BCUT2D eigenvalue weighted by molar-refractivity contribution is 0.102. The molecule has 3 rings (SSSR count). The number of nitrogens with zero attached hydrogens (tertiary/aromatic N) is 1. The van der Waals surface area contributed by atoms with Crippen molar-refractivity contribution in [2.45, 2.75) is 27.3 Å². The molecule has 0 aliphatic carbocycles. The highest BCUT2D eigenvalue weighted by molar-refractivity contribution is 7.92. The fourth-order valence-corrected chi connectivity index (χ4v) is 4.65. The van der Waals surface area contributed by atoms with Gasteiger partial charge in [-0.05, 0) is 74.4 Å². The molecule has 0 aliphatic heterocycles. The van der Waals surface area contributed by atoms with Crippen LogP contribution < -0.4 is 14.4 Å². The molecule has 3 aromatic carbocycles. The molecule has 0 radical (unpaired) electrons. The predicted molar refractivity (Wildman–Crippen MR) is 129 cm³/mol. The van der Waals surface area contributed by atoms with Gasteiger partial charge in [0.15, 0.2) is 0 Å². The van der Waals surface area contributed by atoms with E-state index in [1.807, 2.05) is 32.9 Å². The van der Waals surface area contributed by atoms with Crippen LogP contribution in [0.5, 0.6) is 5.75 Å². The Morgan fingerprint density at radius 3 is 2.15 bits per heavy atom. The maximum atomic E-state index is 13.4. The van der Waals surface area contributed by atoms with Crippen molar-refractivity contribution in [1.82, 2.24) is 0 Å². The molecule has 0 fully saturated rings. The summed E-state index contributed by atoms with van der Waals surface area (Å²) in [6.07, 6.45) is 1.07. The molecule has 0 bridgehead atoms. The van der Waals surface area contributed by atoms with Crippen LogP contribution in [0.1, 0.15) is 32.6 Å². The van der Waals surface area contributed by atoms with E-state index in [1.165, 1.54) is 31.4 Å². The van der Waals surface area contributed by atoms with Crippen molar-refractivity contribution in [2.24, 2.45) is 0 Å². The highest BCUT2D eigenvalue weighted by atomic mass is 32.2. The van der Waals surface area contributed by atoms with Gasteiger partial charge in [-0.25, -0.2) is 12.8 Å². The maximum absolute atomic E-state index is 13.4. The molecule has 0 unspecified atom stereocenters. The van der Waals surface area contributed by atoms with Gasteiger partial charge in [0, 0.05) is 16.8 Å². The first-order chi connectivity index (χ1) is 15.5. The molecule has 1 N–H and O–H groups in total. The van der Waals surface area contributed by atoms with E-state index in [0.717, 1.165) is 32.9 Å². The molecule has 0 spiro atoms. The number of nitrogens with one attached hydrogen (secondary N) is 1. The van der Waals surface area contributed by atoms with Gasteiger partial charge in [-0.1, -0.05) is 17.7 Å². The van der Waals surface area contributed by atoms with Gasteiger partial charge in [-0.2, -0.15) is 0 Å². The summed E-state index contributed by atoms with van der Waals surface area (Å²) in [4.78, 5) is 13.0. The van der Waals surface area contributed by atoms with E-state index in [-0.39, 0.29) is 12.5 Å². The number of aryl methyl sites for hydroxylation is 3. The summed E-state index contributed by atoms with van der Waals surface area (Å²) < 4.78 is 44.9. The highest BCUT2D eigenvalue weighted by Crippen LogP contribution is 2.28. The highest BCUT2D eigenvalue weighted by Gasteiger charge is 2.21. The summed E-state index contributed by atoms with van der Waals surface area (Å²) in [7, 11) is -2.22. The van der Waals surface area contributed by atoms with Crippen LogP contribution in [-0.2, 0) is 16.6 Å². The fraction of sp³-hybridized carbons (Fsp3) is 0.240. The lowest BCUT2D eigenvalue weighted by Crippen LogP contribution is -2.29. The summed E-state index contributed by atoms with van der Waals surface area (Å²) in [5.74, 6) is -0.350. The summed E-state index contributed by atoms with van der Waals surface area (Å²) in [6, 6.07) is 14.0. The van der Waals surface area contributed by atoms with Crippen molar-refractivity contribution in [3.63, 3.8) is 0 Å². The van der Waals surface area contributed by atoms with Crippen molar-refractivity contribution in [2.75, 3.05) is 23.0 Å². The maximum Gasteiger partial charge on any atom is 0.255 e. The Morgan fingerprint density at radius 1 is 1.00 bits per heavy atom. The van der Waals surface area contributed by atoms with E-state index >= 15 is 0 Å². The summed E-state index contributed by atoms with van der Waals surface area (Å²) >= 11 is 0. The molecule has 0 saturated carbocycles. The number of halogens is 1. The van der Waals surface area contributed by atoms with E-state index < -0.39 is 15.8 Å². The number of benzene rings is 3. The Labute approximate surface area is 194 Å². The minimum Gasteiger partial charge on any atom is -0.496 e. The first-order valence-electron chi connectivity index (χ1n) is 10.3. The van der Waals surface area contributed by atoms with Gasteiger partial charge in [-0.15, -0.1) is 0 Å². The quantitative estimate of drug-likeness (QED) is 0.529. The predicted octanol–water partition coefficient (Wildman–Crippen LogP) is 4.98. The zero-order valence-electron chi connectivity index (χ0n) is 19.3. The topological polar surface area (TPSA) is 75.7 Å². The molecule has 6 nitrogen and oxygen atoms in total. The Bertz CT molecular complexity index is 1270. The minimum atomic E-state index is -3.70. The first kappa shape index (κ1) is 24.3. The van der Waals surface area contributed by atoms with Crippen LogP contribution in [0.25, 0.3) is 0 Å². The number of carbonyl (C=O) groups is 1. The third-order valence-corrected chi connectivity index (χ3v) is 6.43. The monoisotopic (exact) mass is 470 g/mol. The first-order valence-corrected chi connectivity index (χ1v) is 12.1. The Balaban J connectivity index is 1.96. The number of sulfonamides is 1. The molecule has 1 amide bonds. The van der Waals surface area contributed by atoms with Gasteiger partial charge in [0.05, 0.1) is 25.6 Å². The van der Waals surface area contributed by atoms with Gasteiger partial charge in [0.25, 0.3) is 5.91 Å². The number of methoxy groups -OCH3 is 1. The number of carbonyl (C=O) groups excluding carboxylic acids is 1. The molecule has 0 aliphatic rings. The lowest BCUT2D eigenvalue weighted by atomic mass is 10.0. The summed E-state index contributed by atoms with van der Waals surface area (Å²) in [6.45, 7) is 5.77. The normalized spacial score (nSPS) is 11.2. The summed E-state index contributed by atoms with van der Waals surface area (Å²) in [5.41, 5.74) is 4.92. The Morgan fingerprint density at radius 2 is 1.61 bits per heavy atom. The zero-order chi connectivity index (χ0) is 24.3. The molecule has 33 heavy (non-hydrogen) atoms. The average Bonchev–Trinajstić information content (AvgIpc) is 2.74. The number of amides is 1. The van der Waals surface area contributed by atoms with Gasteiger partial charge >= 0.3 is 0 Å². The van der Waals surface area contributed by atoms with Gasteiger partial charge in [0.1, 0.15) is 11.6 Å². The van der Waals surface area contributed by atoms with Crippen molar-refractivity contribution < 1.29 is 22.3 Å². The van der Waals surface area contributed by atoms with E-state index in [1.54, 1.807) is 18.2 Å². The third-order valence-electron chi connectivity index (χ3n) is 5.29. The molecule has 0 saturated heterocycles. The smallest absolute Gasteiger partial charge is 0.255 e. The number of ether oxygens (including phenoxy) is 1. The largest absolute Gasteiger partial charge is 0.496 e. The number of hydrogen-bond acceptors (Lipinski definition) is 4. The van der Waals surface area contributed by atoms with Crippen molar-refractivity contribution in [1.29, 1.82) is 0 Å². The second kappa shape index (κ2) is 9.62. The minimum absolute atomic E-state index is 0.0860. The van der Waals surface area contributed by atoms with Crippen LogP contribution in [0.3, 0.4) is 0 Å². The van der Waals surface area contributed by atoms with E-state index in [0.29, 0.717) is 22.6 Å². The lowest BCUT2D eigenvalue weighted by Gasteiger charge is -2.24. The number of hydrogen-bond donors (Lipinski definition) is 1. The zero-order valence-corrected chi connectivity index (χ0v) is 20.1. The SMILES string of the molecule is COc1ccc(C(=O)Nc2c(C)cc(C)cc2C)cc1CN(c1ccc(F)cc1)S(C)(=O)=O. The molecule has 3 aromatic rings. The molecule has 174 valence electrons. The van der Waals surface area contributed by atoms with Crippen molar-refractivity contribution >= 4 is 27.3 Å². The fourth-order valence-electron chi connectivity index (χ4n) is 3.77. The molecular formula is C25H27FN2O4S. The molecule has 0 atom stereocenters. The number of rotatable bonds is 7. The molecule has 0 heterocycles. The van der Waals surface area contributed by atoms with Crippen LogP contribution in [0.4, 0.5) is 15.8 Å². The van der Waals surface area contributed by atoms with E-state index in [4.69, 9.17) is 4.74 Å². The van der Waals surface area contributed by atoms with Crippen LogP contribution in [0, 0.1) is 26.6 Å². The molecular weight excluding hydrogens is 443 g/mol. The van der Waals surface area contributed by atoms with Crippen molar-refractivity contribution in [3.8, 4) is 5.75 Å². The molecule has 8 heteroatoms. The Hall–Kier alpha value is -3.39. The van der Waals surface area contributed by atoms with Crippen LogP contribution in [0.2, 0.25) is 0 Å².